The fraction of sp³-hybridized carbons (Fsp3) is 0.200. The van der Waals surface area contributed by atoms with Crippen molar-refractivity contribution in [2.45, 2.75) is 13.8 Å². The summed E-state index contributed by atoms with van der Waals surface area (Å²) in [4.78, 5) is 16.4. The van der Waals surface area contributed by atoms with Crippen LogP contribution < -0.4 is 20.5 Å². The van der Waals surface area contributed by atoms with Crippen molar-refractivity contribution in [2.24, 2.45) is 0 Å². The van der Waals surface area contributed by atoms with E-state index in [4.69, 9.17) is 15.2 Å². The highest BCUT2D eigenvalue weighted by molar-refractivity contribution is 6.02. The van der Waals surface area contributed by atoms with Gasteiger partial charge in [0.05, 0.1) is 18.2 Å². The normalized spacial score (nSPS) is 9.85. The summed E-state index contributed by atoms with van der Waals surface area (Å²) in [7, 11) is 3.09. The van der Waals surface area contributed by atoms with Crippen LogP contribution in [-0.2, 0) is 0 Å². The predicted molar refractivity (Wildman–Crippen MR) is 104 cm³/mol. The van der Waals surface area contributed by atoms with Crippen LogP contribution in [0.4, 0.5) is 5.69 Å². The molecule has 0 radical (unpaired) electrons. The van der Waals surface area contributed by atoms with E-state index < -0.39 is 0 Å². The van der Waals surface area contributed by atoms with Gasteiger partial charge in [-0.2, -0.15) is 0 Å². The van der Waals surface area contributed by atoms with Gasteiger partial charge in [-0.25, -0.2) is 0 Å². The Balaban J connectivity index is 0.00000117. The maximum Gasteiger partial charge on any atom is 0.254 e. The number of rotatable bonds is 4. The highest BCUT2D eigenvalue weighted by atomic mass is 16.5. The molecular formula is C20H23N3O3. The molecule has 136 valence electrons. The molecule has 3 rings (SSSR count). The molecule has 0 fully saturated rings. The lowest BCUT2D eigenvalue weighted by molar-refractivity contribution is 0.0960. The lowest BCUT2D eigenvalue weighted by atomic mass is 10.1. The van der Waals surface area contributed by atoms with Gasteiger partial charge in [0, 0.05) is 30.4 Å². The molecule has 6 heteroatoms. The van der Waals surface area contributed by atoms with Crippen LogP contribution in [0.1, 0.15) is 24.2 Å². The zero-order valence-electron chi connectivity index (χ0n) is 15.4. The molecule has 26 heavy (non-hydrogen) atoms. The molecule has 3 N–H and O–H groups in total. The molecule has 1 amide bonds. The number of nitrogens with two attached hydrogens (primary N) is 1. The second kappa shape index (κ2) is 8.71. The first-order valence-corrected chi connectivity index (χ1v) is 8.34. The number of nitrogen functional groups attached to an aromatic ring is 1. The lowest BCUT2D eigenvalue weighted by Crippen LogP contribution is -2.18. The molecular weight excluding hydrogens is 330 g/mol. The zero-order valence-corrected chi connectivity index (χ0v) is 15.4. The largest absolute Gasteiger partial charge is 0.496 e. The molecule has 0 aliphatic heterocycles. The Bertz CT molecular complexity index is 893. The van der Waals surface area contributed by atoms with Crippen molar-refractivity contribution in [3.05, 3.63) is 54.2 Å². The SMILES string of the molecule is CC.CNC(=O)c1cc2c(Oc3ccc(N)cc3)ccnc2cc1OC. The summed E-state index contributed by atoms with van der Waals surface area (Å²) in [6.45, 7) is 4.00. The first-order valence-electron chi connectivity index (χ1n) is 8.34. The first-order chi connectivity index (χ1) is 12.6. The Kier molecular flexibility index (Phi) is 6.38. The van der Waals surface area contributed by atoms with E-state index in [0.717, 1.165) is 0 Å². The summed E-state index contributed by atoms with van der Waals surface area (Å²) in [6, 6.07) is 12.3. The number of hydrogen-bond acceptors (Lipinski definition) is 5. The van der Waals surface area contributed by atoms with Crippen molar-refractivity contribution < 1.29 is 14.3 Å². The highest BCUT2D eigenvalue weighted by Crippen LogP contribution is 2.33. The summed E-state index contributed by atoms with van der Waals surface area (Å²) in [5.41, 5.74) is 7.44. The van der Waals surface area contributed by atoms with E-state index in [1.807, 2.05) is 13.8 Å². The van der Waals surface area contributed by atoms with Crippen LogP contribution in [0.15, 0.2) is 48.7 Å². The van der Waals surface area contributed by atoms with Gasteiger partial charge in [0.1, 0.15) is 17.2 Å². The topological polar surface area (TPSA) is 86.5 Å². The average molecular weight is 353 g/mol. The van der Waals surface area contributed by atoms with Gasteiger partial charge in [0.2, 0.25) is 0 Å². The Labute approximate surface area is 152 Å². The van der Waals surface area contributed by atoms with Gasteiger partial charge in [-0.05, 0) is 36.4 Å². The average Bonchev–Trinajstić information content (AvgIpc) is 2.69. The van der Waals surface area contributed by atoms with Crippen LogP contribution in [-0.4, -0.2) is 25.0 Å². The number of hydrogen-bond donors (Lipinski definition) is 2. The number of ether oxygens (including phenoxy) is 2. The maximum atomic E-state index is 12.1. The van der Waals surface area contributed by atoms with Crippen molar-refractivity contribution in [3.8, 4) is 17.2 Å². The van der Waals surface area contributed by atoms with Crippen LogP contribution in [0, 0.1) is 0 Å². The summed E-state index contributed by atoms with van der Waals surface area (Å²) < 4.78 is 11.2. The van der Waals surface area contributed by atoms with Crippen molar-refractivity contribution in [1.82, 2.24) is 10.3 Å². The molecule has 2 aromatic carbocycles. The van der Waals surface area contributed by atoms with Crippen molar-refractivity contribution in [1.29, 1.82) is 0 Å². The van der Waals surface area contributed by atoms with Gasteiger partial charge < -0.3 is 20.5 Å². The van der Waals surface area contributed by atoms with Gasteiger partial charge in [-0.15, -0.1) is 0 Å². The van der Waals surface area contributed by atoms with Gasteiger partial charge in [0.25, 0.3) is 5.91 Å². The molecule has 1 heterocycles. The van der Waals surface area contributed by atoms with Gasteiger partial charge in [0.15, 0.2) is 0 Å². The standard InChI is InChI=1S/C18H17N3O3.C2H6/c1-20-18(22)14-9-13-15(10-17(14)23-2)21-8-7-16(13)24-12-5-3-11(19)4-6-12;1-2/h3-10H,19H2,1-2H3,(H,20,22);1-2H3. The molecule has 0 aliphatic rings. The van der Waals surface area contributed by atoms with E-state index in [2.05, 4.69) is 10.3 Å². The van der Waals surface area contributed by atoms with E-state index in [1.165, 1.54) is 7.11 Å². The third-order valence-corrected chi connectivity index (χ3v) is 3.60. The van der Waals surface area contributed by atoms with Crippen LogP contribution in [0.2, 0.25) is 0 Å². The van der Waals surface area contributed by atoms with Crippen LogP contribution in [0.25, 0.3) is 10.9 Å². The minimum Gasteiger partial charge on any atom is -0.496 e. The van der Waals surface area contributed by atoms with Gasteiger partial charge in [-0.1, -0.05) is 13.8 Å². The number of nitrogens with one attached hydrogen (secondary N) is 1. The molecule has 3 aromatic rings. The number of amides is 1. The van der Waals surface area contributed by atoms with Gasteiger partial charge in [-0.3, -0.25) is 9.78 Å². The van der Waals surface area contributed by atoms with E-state index in [1.54, 1.807) is 55.7 Å². The minimum atomic E-state index is -0.240. The third kappa shape index (κ3) is 4.03. The summed E-state index contributed by atoms with van der Waals surface area (Å²) >= 11 is 0. The summed E-state index contributed by atoms with van der Waals surface area (Å²) in [5, 5.41) is 3.32. The smallest absolute Gasteiger partial charge is 0.254 e. The lowest BCUT2D eigenvalue weighted by Gasteiger charge is -2.12. The quantitative estimate of drug-likeness (QED) is 0.692. The molecule has 0 unspecified atom stereocenters. The number of fused-ring (bicyclic) bond motifs is 1. The fourth-order valence-corrected chi connectivity index (χ4v) is 2.38. The maximum absolute atomic E-state index is 12.1. The Hall–Kier alpha value is -3.28. The monoisotopic (exact) mass is 353 g/mol. The van der Waals surface area contributed by atoms with Crippen molar-refractivity contribution in [2.75, 3.05) is 19.9 Å². The number of aromatic nitrogens is 1. The Morgan fingerprint density at radius 1 is 1.08 bits per heavy atom. The van der Waals surface area contributed by atoms with E-state index in [0.29, 0.717) is 39.4 Å². The number of carbonyl (C=O) groups excluding carboxylic acids is 1. The Morgan fingerprint density at radius 3 is 2.38 bits per heavy atom. The number of pyridine rings is 1. The molecule has 0 saturated carbocycles. The minimum absolute atomic E-state index is 0.240. The fourth-order valence-electron chi connectivity index (χ4n) is 2.38. The highest BCUT2D eigenvalue weighted by Gasteiger charge is 2.15. The molecule has 0 aliphatic carbocycles. The molecule has 0 spiro atoms. The number of methoxy groups -OCH3 is 1. The zero-order chi connectivity index (χ0) is 19.1. The van der Waals surface area contributed by atoms with E-state index >= 15 is 0 Å². The van der Waals surface area contributed by atoms with E-state index in [9.17, 15) is 4.79 Å². The number of nitrogens with zero attached hydrogens (tertiary/aromatic N) is 1. The summed E-state index contributed by atoms with van der Waals surface area (Å²) in [5.74, 6) is 1.46. The molecule has 6 nitrogen and oxygen atoms in total. The van der Waals surface area contributed by atoms with Crippen LogP contribution in [0.3, 0.4) is 0 Å². The number of carbonyl (C=O) groups is 1. The molecule has 1 aromatic heterocycles. The molecule has 0 bridgehead atoms. The van der Waals surface area contributed by atoms with Gasteiger partial charge >= 0.3 is 0 Å². The molecule has 0 atom stereocenters. The Morgan fingerprint density at radius 2 is 1.77 bits per heavy atom. The molecule has 0 saturated heterocycles. The number of benzene rings is 2. The van der Waals surface area contributed by atoms with E-state index in [-0.39, 0.29) is 5.91 Å². The number of anilines is 1. The van der Waals surface area contributed by atoms with Crippen LogP contribution >= 0.6 is 0 Å². The van der Waals surface area contributed by atoms with Crippen LogP contribution in [0.5, 0.6) is 17.2 Å². The first kappa shape index (κ1) is 19.1. The van der Waals surface area contributed by atoms with Crippen molar-refractivity contribution in [3.63, 3.8) is 0 Å². The second-order valence-electron chi connectivity index (χ2n) is 5.13. The predicted octanol–water partition coefficient (Wildman–Crippen LogP) is 4.00. The second-order valence-corrected chi connectivity index (χ2v) is 5.13. The summed E-state index contributed by atoms with van der Waals surface area (Å²) in [6.07, 6.45) is 1.65. The van der Waals surface area contributed by atoms with Crippen molar-refractivity contribution >= 4 is 22.5 Å². The third-order valence-electron chi connectivity index (χ3n) is 3.60.